The highest BCUT2D eigenvalue weighted by Gasteiger charge is 2.12. The van der Waals surface area contributed by atoms with Gasteiger partial charge in [-0.15, -0.1) is 0 Å². The van der Waals surface area contributed by atoms with Gasteiger partial charge in [0.05, 0.1) is 23.3 Å². The first-order valence-corrected chi connectivity index (χ1v) is 7.13. The van der Waals surface area contributed by atoms with Crippen molar-refractivity contribution in [1.82, 2.24) is 0 Å². The maximum Gasteiger partial charge on any atom is 0.337 e. The van der Waals surface area contributed by atoms with Crippen LogP contribution in [0.25, 0.3) is 0 Å². The summed E-state index contributed by atoms with van der Waals surface area (Å²) in [5.41, 5.74) is 1.18. The summed E-state index contributed by atoms with van der Waals surface area (Å²) >= 11 is 9.30. The number of anilines is 1. The van der Waals surface area contributed by atoms with Gasteiger partial charge in [0.1, 0.15) is 0 Å². The van der Waals surface area contributed by atoms with E-state index in [2.05, 4.69) is 26.0 Å². The Hall–Kier alpha value is -1.85. The van der Waals surface area contributed by atoms with Crippen LogP contribution >= 0.6 is 27.5 Å². The van der Waals surface area contributed by atoms with Crippen molar-refractivity contribution in [2.45, 2.75) is 0 Å². The number of methoxy groups -OCH3 is 1. The van der Waals surface area contributed by atoms with Gasteiger partial charge in [0, 0.05) is 10.2 Å². The Balaban J connectivity index is 2.23. The molecule has 0 saturated carbocycles. The van der Waals surface area contributed by atoms with E-state index in [4.69, 9.17) is 11.6 Å². The van der Waals surface area contributed by atoms with Crippen molar-refractivity contribution in [3.05, 3.63) is 63.1 Å². The van der Waals surface area contributed by atoms with E-state index in [-0.39, 0.29) is 5.91 Å². The summed E-state index contributed by atoms with van der Waals surface area (Å²) in [6.07, 6.45) is 0. The number of rotatable bonds is 3. The first-order chi connectivity index (χ1) is 10.0. The predicted octanol–water partition coefficient (Wildman–Crippen LogP) is 4.14. The number of carbonyl (C=O) groups is 2. The SMILES string of the molecule is COC(=O)c1cccc(NC(=O)c2cc(Br)ccc2Cl)c1. The van der Waals surface area contributed by atoms with E-state index in [1.165, 1.54) is 13.2 Å². The zero-order valence-electron chi connectivity index (χ0n) is 11.0. The molecule has 4 nitrogen and oxygen atoms in total. The van der Waals surface area contributed by atoms with Crippen LogP contribution in [0.5, 0.6) is 0 Å². The number of amides is 1. The first kappa shape index (κ1) is 15.5. The number of ether oxygens (including phenoxy) is 1. The summed E-state index contributed by atoms with van der Waals surface area (Å²) in [7, 11) is 1.30. The van der Waals surface area contributed by atoms with Gasteiger partial charge in [0.15, 0.2) is 0 Å². The fourth-order valence-corrected chi connectivity index (χ4v) is 2.28. The van der Waals surface area contributed by atoms with Gasteiger partial charge >= 0.3 is 5.97 Å². The van der Waals surface area contributed by atoms with E-state index in [1.54, 1.807) is 36.4 Å². The van der Waals surface area contributed by atoms with Crippen molar-refractivity contribution in [2.24, 2.45) is 0 Å². The van der Waals surface area contributed by atoms with Crippen LogP contribution < -0.4 is 5.32 Å². The number of hydrogen-bond acceptors (Lipinski definition) is 3. The summed E-state index contributed by atoms with van der Waals surface area (Å²) in [5, 5.41) is 3.04. The zero-order chi connectivity index (χ0) is 15.4. The van der Waals surface area contributed by atoms with Crippen molar-refractivity contribution in [2.75, 3.05) is 12.4 Å². The van der Waals surface area contributed by atoms with Gasteiger partial charge in [-0.3, -0.25) is 4.79 Å². The van der Waals surface area contributed by atoms with Crippen LogP contribution in [0.4, 0.5) is 5.69 Å². The Morgan fingerprint density at radius 3 is 2.67 bits per heavy atom. The molecule has 0 aliphatic heterocycles. The fourth-order valence-electron chi connectivity index (χ4n) is 1.71. The molecular formula is C15H11BrClNO3. The molecule has 0 aromatic heterocycles. The van der Waals surface area contributed by atoms with E-state index in [0.29, 0.717) is 21.8 Å². The molecule has 1 amide bonds. The molecular weight excluding hydrogens is 358 g/mol. The van der Waals surface area contributed by atoms with Crippen LogP contribution in [-0.2, 0) is 4.74 Å². The molecule has 0 radical (unpaired) electrons. The number of nitrogens with one attached hydrogen (secondary N) is 1. The molecule has 1 N–H and O–H groups in total. The second-order valence-electron chi connectivity index (χ2n) is 4.15. The molecule has 2 aromatic rings. The number of esters is 1. The molecule has 0 fully saturated rings. The lowest BCUT2D eigenvalue weighted by Gasteiger charge is -2.08. The Morgan fingerprint density at radius 1 is 1.19 bits per heavy atom. The lowest BCUT2D eigenvalue weighted by molar-refractivity contribution is 0.0600. The smallest absolute Gasteiger partial charge is 0.337 e. The van der Waals surface area contributed by atoms with Crippen molar-refractivity contribution >= 4 is 45.1 Å². The van der Waals surface area contributed by atoms with E-state index in [0.717, 1.165) is 4.47 Å². The highest BCUT2D eigenvalue weighted by Crippen LogP contribution is 2.22. The Morgan fingerprint density at radius 2 is 1.95 bits per heavy atom. The molecule has 0 aliphatic carbocycles. The molecule has 0 atom stereocenters. The molecule has 0 unspecified atom stereocenters. The van der Waals surface area contributed by atoms with Crippen LogP contribution in [-0.4, -0.2) is 19.0 Å². The molecule has 2 rings (SSSR count). The van der Waals surface area contributed by atoms with Gasteiger partial charge < -0.3 is 10.1 Å². The van der Waals surface area contributed by atoms with Gasteiger partial charge in [-0.1, -0.05) is 33.6 Å². The minimum atomic E-state index is -0.466. The molecule has 108 valence electrons. The lowest BCUT2D eigenvalue weighted by atomic mass is 10.1. The van der Waals surface area contributed by atoms with Gasteiger partial charge in [-0.05, 0) is 36.4 Å². The number of hydrogen-bond donors (Lipinski definition) is 1. The standard InChI is InChI=1S/C15H11BrClNO3/c1-21-15(20)9-3-2-4-11(7-9)18-14(19)12-8-10(16)5-6-13(12)17/h2-8H,1H3,(H,18,19). The average Bonchev–Trinajstić information content (AvgIpc) is 2.49. The van der Waals surface area contributed by atoms with Gasteiger partial charge in [0.25, 0.3) is 5.91 Å². The summed E-state index contributed by atoms with van der Waals surface area (Å²) in [4.78, 5) is 23.7. The van der Waals surface area contributed by atoms with E-state index in [9.17, 15) is 9.59 Å². The topological polar surface area (TPSA) is 55.4 Å². The third kappa shape index (κ3) is 3.83. The van der Waals surface area contributed by atoms with E-state index < -0.39 is 5.97 Å². The highest BCUT2D eigenvalue weighted by atomic mass is 79.9. The lowest BCUT2D eigenvalue weighted by Crippen LogP contribution is -2.13. The molecule has 0 bridgehead atoms. The maximum atomic E-state index is 12.2. The summed E-state index contributed by atoms with van der Waals surface area (Å²) in [6, 6.07) is 11.5. The number of benzene rings is 2. The number of carbonyl (C=O) groups excluding carboxylic acids is 2. The molecule has 0 aliphatic rings. The highest BCUT2D eigenvalue weighted by molar-refractivity contribution is 9.10. The van der Waals surface area contributed by atoms with Gasteiger partial charge in [-0.2, -0.15) is 0 Å². The minimum absolute atomic E-state index is 0.342. The summed E-state index contributed by atoms with van der Waals surface area (Å²) in [6.45, 7) is 0. The molecule has 6 heteroatoms. The maximum absolute atomic E-state index is 12.2. The predicted molar refractivity (Wildman–Crippen MR) is 84.9 cm³/mol. The Kier molecular flexibility index (Phi) is 4.98. The van der Waals surface area contributed by atoms with E-state index in [1.807, 2.05) is 0 Å². The first-order valence-electron chi connectivity index (χ1n) is 5.96. The fraction of sp³-hybridized carbons (Fsp3) is 0.0667. The minimum Gasteiger partial charge on any atom is -0.465 e. The monoisotopic (exact) mass is 367 g/mol. The third-order valence-electron chi connectivity index (χ3n) is 2.71. The van der Waals surface area contributed by atoms with E-state index >= 15 is 0 Å². The van der Waals surface area contributed by atoms with Crippen LogP contribution in [0.2, 0.25) is 5.02 Å². The Labute approximate surface area is 135 Å². The van der Waals surface area contributed by atoms with Crippen molar-refractivity contribution in [1.29, 1.82) is 0 Å². The van der Waals surface area contributed by atoms with Gasteiger partial charge in [0.2, 0.25) is 0 Å². The quantitative estimate of drug-likeness (QED) is 0.828. The summed E-state index contributed by atoms with van der Waals surface area (Å²) < 4.78 is 5.39. The van der Waals surface area contributed by atoms with Crippen LogP contribution in [0.15, 0.2) is 46.9 Å². The van der Waals surface area contributed by atoms with Crippen molar-refractivity contribution in [3.8, 4) is 0 Å². The van der Waals surface area contributed by atoms with Crippen LogP contribution in [0, 0.1) is 0 Å². The largest absolute Gasteiger partial charge is 0.465 e. The zero-order valence-corrected chi connectivity index (χ0v) is 13.4. The molecule has 2 aromatic carbocycles. The molecule has 0 spiro atoms. The summed E-state index contributed by atoms with van der Waals surface area (Å²) in [5.74, 6) is -0.824. The second-order valence-corrected chi connectivity index (χ2v) is 5.47. The Bertz CT molecular complexity index is 703. The van der Waals surface area contributed by atoms with Crippen LogP contribution in [0.1, 0.15) is 20.7 Å². The van der Waals surface area contributed by atoms with Crippen molar-refractivity contribution < 1.29 is 14.3 Å². The van der Waals surface area contributed by atoms with Crippen molar-refractivity contribution in [3.63, 3.8) is 0 Å². The normalized spacial score (nSPS) is 10.0. The van der Waals surface area contributed by atoms with Gasteiger partial charge in [-0.25, -0.2) is 4.79 Å². The average molecular weight is 369 g/mol. The third-order valence-corrected chi connectivity index (χ3v) is 3.54. The van der Waals surface area contributed by atoms with Crippen LogP contribution in [0.3, 0.4) is 0 Å². The molecule has 21 heavy (non-hydrogen) atoms. The number of halogens is 2. The molecule has 0 heterocycles. The second kappa shape index (κ2) is 6.74. The molecule has 0 saturated heterocycles.